The van der Waals surface area contributed by atoms with Crippen molar-refractivity contribution < 1.29 is 19.1 Å². The van der Waals surface area contributed by atoms with Crippen LogP contribution in [0, 0.1) is 0 Å². The molecule has 0 aromatic heterocycles. The van der Waals surface area contributed by atoms with Gasteiger partial charge in [0.15, 0.2) is 5.78 Å². The number of amides is 2. The summed E-state index contributed by atoms with van der Waals surface area (Å²) in [4.78, 5) is 36.9. The fourth-order valence-electron chi connectivity index (χ4n) is 2.46. The van der Waals surface area contributed by atoms with Gasteiger partial charge in [0.05, 0.1) is 7.11 Å². The average Bonchev–Trinajstić information content (AvgIpc) is 2.62. The van der Waals surface area contributed by atoms with Crippen LogP contribution < -0.4 is 15.0 Å². The first-order valence-corrected chi connectivity index (χ1v) is 8.23. The molecule has 0 aliphatic carbocycles. The number of Topliss-reactive ketones (excluding diaryl/α,β-unsaturated/α-hetero) is 1. The number of carbonyl (C=O) groups is 3. The largest absolute Gasteiger partial charge is 0.497 e. The summed E-state index contributed by atoms with van der Waals surface area (Å²) in [7, 11) is 1.58. The lowest BCUT2D eigenvalue weighted by Gasteiger charge is -2.21. The molecule has 1 N–H and O–H groups in total. The molecule has 0 heterocycles. The molecule has 2 amide bonds. The van der Waals surface area contributed by atoms with E-state index in [0.717, 1.165) is 0 Å². The number of nitrogens with one attached hydrogen (secondary N) is 1. The number of carbonyl (C=O) groups excluding carboxylic acids is 3. The van der Waals surface area contributed by atoms with E-state index >= 15 is 0 Å². The van der Waals surface area contributed by atoms with Crippen LogP contribution in [0.2, 0.25) is 0 Å². The summed E-state index contributed by atoms with van der Waals surface area (Å²) in [6.07, 6.45) is 0.153. The Bertz CT molecular complexity index is 782. The summed E-state index contributed by atoms with van der Waals surface area (Å²) in [6, 6.07) is 13.8. The number of ether oxygens (including phenoxy) is 1. The van der Waals surface area contributed by atoms with E-state index in [9.17, 15) is 14.4 Å². The number of rotatable bonds is 7. The molecule has 6 nitrogen and oxygen atoms in total. The molecule has 0 spiro atoms. The van der Waals surface area contributed by atoms with Gasteiger partial charge in [-0.3, -0.25) is 14.4 Å². The monoisotopic (exact) mass is 354 g/mol. The fraction of sp³-hybridized carbons (Fsp3) is 0.250. The third kappa shape index (κ3) is 5.17. The third-order valence-corrected chi connectivity index (χ3v) is 3.90. The van der Waals surface area contributed by atoms with Crippen LogP contribution in [-0.4, -0.2) is 31.3 Å². The van der Waals surface area contributed by atoms with Crippen molar-refractivity contribution in [2.45, 2.75) is 20.3 Å². The summed E-state index contributed by atoms with van der Waals surface area (Å²) in [5, 5.41) is 2.79. The van der Waals surface area contributed by atoms with E-state index < -0.39 is 0 Å². The first-order valence-electron chi connectivity index (χ1n) is 8.23. The molecule has 0 aliphatic rings. The predicted octanol–water partition coefficient (Wildman–Crippen LogP) is 3.28. The van der Waals surface area contributed by atoms with Crippen molar-refractivity contribution in [1.29, 1.82) is 0 Å². The van der Waals surface area contributed by atoms with Gasteiger partial charge in [-0.15, -0.1) is 0 Å². The highest BCUT2D eigenvalue weighted by Crippen LogP contribution is 2.18. The van der Waals surface area contributed by atoms with E-state index in [1.807, 2.05) is 0 Å². The average molecular weight is 354 g/mol. The van der Waals surface area contributed by atoms with Crippen LogP contribution in [0.3, 0.4) is 0 Å². The van der Waals surface area contributed by atoms with Gasteiger partial charge in [0.25, 0.3) is 0 Å². The molecule has 2 rings (SSSR count). The molecule has 0 bridgehead atoms. The highest BCUT2D eigenvalue weighted by atomic mass is 16.5. The van der Waals surface area contributed by atoms with Crippen LogP contribution in [0.1, 0.15) is 30.6 Å². The first-order chi connectivity index (χ1) is 12.4. The Morgan fingerprint density at radius 1 is 0.962 bits per heavy atom. The topological polar surface area (TPSA) is 75.7 Å². The molecule has 0 fully saturated rings. The molecular formula is C20H22N2O4. The van der Waals surface area contributed by atoms with E-state index in [4.69, 9.17) is 4.74 Å². The van der Waals surface area contributed by atoms with Gasteiger partial charge in [0.1, 0.15) is 5.75 Å². The maximum absolute atomic E-state index is 12.1. The van der Waals surface area contributed by atoms with Gasteiger partial charge < -0.3 is 15.0 Å². The molecule has 2 aromatic carbocycles. The molecule has 136 valence electrons. The minimum atomic E-state index is -0.193. The second-order valence-electron chi connectivity index (χ2n) is 5.80. The smallest absolute Gasteiger partial charge is 0.226 e. The van der Waals surface area contributed by atoms with Crippen LogP contribution in [0.25, 0.3) is 0 Å². The lowest BCUT2D eigenvalue weighted by molar-refractivity contribution is -0.117. The summed E-state index contributed by atoms with van der Waals surface area (Å²) in [6.45, 7) is 3.18. The summed E-state index contributed by atoms with van der Waals surface area (Å²) < 4.78 is 5.07. The molecule has 26 heavy (non-hydrogen) atoms. The zero-order valence-corrected chi connectivity index (χ0v) is 15.1. The SMILES string of the molecule is COc1ccc(NC(=O)CCN(C(C)=O)c2ccc(C(C)=O)cc2)cc1. The third-order valence-electron chi connectivity index (χ3n) is 3.90. The van der Waals surface area contributed by atoms with E-state index in [1.54, 1.807) is 55.6 Å². The van der Waals surface area contributed by atoms with Crippen molar-refractivity contribution in [3.05, 3.63) is 54.1 Å². The lowest BCUT2D eigenvalue weighted by Crippen LogP contribution is -2.32. The van der Waals surface area contributed by atoms with E-state index in [2.05, 4.69) is 5.32 Å². The molecule has 6 heteroatoms. The molecule has 2 aromatic rings. The van der Waals surface area contributed by atoms with Gasteiger partial charge in [0, 0.05) is 36.8 Å². The summed E-state index contributed by atoms with van der Waals surface area (Å²) in [5.74, 6) is 0.309. The first kappa shape index (κ1) is 19.2. The van der Waals surface area contributed by atoms with Crippen molar-refractivity contribution in [1.82, 2.24) is 0 Å². The zero-order chi connectivity index (χ0) is 19.1. The number of benzene rings is 2. The van der Waals surface area contributed by atoms with E-state index in [0.29, 0.717) is 22.7 Å². The maximum Gasteiger partial charge on any atom is 0.226 e. The Hall–Kier alpha value is -3.15. The Morgan fingerprint density at radius 2 is 1.58 bits per heavy atom. The Labute approximate surface area is 152 Å². The number of hydrogen-bond acceptors (Lipinski definition) is 4. The van der Waals surface area contributed by atoms with Crippen LogP contribution in [0.4, 0.5) is 11.4 Å². The second-order valence-corrected chi connectivity index (χ2v) is 5.80. The Morgan fingerprint density at radius 3 is 2.08 bits per heavy atom. The minimum Gasteiger partial charge on any atom is -0.497 e. The van der Waals surface area contributed by atoms with Gasteiger partial charge in [-0.2, -0.15) is 0 Å². The number of anilines is 2. The van der Waals surface area contributed by atoms with Crippen molar-refractivity contribution in [3.8, 4) is 5.75 Å². The molecular weight excluding hydrogens is 332 g/mol. The molecule has 0 aliphatic heterocycles. The predicted molar refractivity (Wildman–Crippen MR) is 101 cm³/mol. The Kier molecular flexibility index (Phi) is 6.49. The molecule has 0 saturated heterocycles. The minimum absolute atomic E-state index is 0.0372. The van der Waals surface area contributed by atoms with Crippen molar-refractivity contribution in [2.75, 3.05) is 23.9 Å². The fourth-order valence-corrected chi connectivity index (χ4v) is 2.46. The molecule has 0 saturated carbocycles. The molecule has 0 radical (unpaired) electrons. The van der Waals surface area contributed by atoms with E-state index in [-0.39, 0.29) is 30.6 Å². The molecule has 0 atom stereocenters. The van der Waals surface area contributed by atoms with Crippen LogP contribution >= 0.6 is 0 Å². The summed E-state index contributed by atoms with van der Waals surface area (Å²) in [5.41, 5.74) is 1.89. The number of hydrogen-bond donors (Lipinski definition) is 1. The van der Waals surface area contributed by atoms with E-state index in [1.165, 1.54) is 18.7 Å². The molecule has 0 unspecified atom stereocenters. The van der Waals surface area contributed by atoms with Gasteiger partial charge in [-0.05, 0) is 55.5 Å². The van der Waals surface area contributed by atoms with Gasteiger partial charge in [-0.25, -0.2) is 0 Å². The summed E-state index contributed by atoms with van der Waals surface area (Å²) >= 11 is 0. The van der Waals surface area contributed by atoms with Crippen LogP contribution in [0.5, 0.6) is 5.75 Å². The standard InChI is InChI=1S/C20H22N2O4/c1-14(23)16-4-8-18(9-5-16)22(15(2)24)13-12-20(25)21-17-6-10-19(26-3)11-7-17/h4-11H,12-13H2,1-3H3,(H,21,25). The van der Waals surface area contributed by atoms with Gasteiger partial charge in [-0.1, -0.05) is 0 Å². The van der Waals surface area contributed by atoms with Crippen molar-refractivity contribution >= 4 is 29.0 Å². The highest BCUT2D eigenvalue weighted by Gasteiger charge is 2.14. The Balaban J connectivity index is 1.97. The second kappa shape index (κ2) is 8.80. The normalized spacial score (nSPS) is 10.1. The highest BCUT2D eigenvalue weighted by molar-refractivity contribution is 5.97. The van der Waals surface area contributed by atoms with Gasteiger partial charge in [0.2, 0.25) is 11.8 Å². The maximum atomic E-state index is 12.1. The van der Waals surface area contributed by atoms with Crippen LogP contribution in [-0.2, 0) is 9.59 Å². The van der Waals surface area contributed by atoms with Crippen molar-refractivity contribution in [2.24, 2.45) is 0 Å². The zero-order valence-electron chi connectivity index (χ0n) is 15.1. The lowest BCUT2D eigenvalue weighted by atomic mass is 10.1. The van der Waals surface area contributed by atoms with Crippen LogP contribution in [0.15, 0.2) is 48.5 Å². The number of ketones is 1. The number of methoxy groups -OCH3 is 1. The van der Waals surface area contributed by atoms with Gasteiger partial charge >= 0.3 is 0 Å². The quantitative estimate of drug-likeness (QED) is 0.774. The van der Waals surface area contributed by atoms with Crippen molar-refractivity contribution in [3.63, 3.8) is 0 Å². The number of nitrogens with zero attached hydrogens (tertiary/aromatic N) is 1.